The number of nitriles is 1. The number of anilines is 1. The van der Waals surface area contributed by atoms with Crippen LogP contribution < -0.4 is 9.46 Å². The van der Waals surface area contributed by atoms with E-state index in [0.29, 0.717) is 11.4 Å². The lowest BCUT2D eigenvalue weighted by molar-refractivity contribution is 0.413. The SMILES string of the molecule is COc1c(C)cc(C)cc1NS(=O)(=O)c1ccccc1C#N. The number of ether oxygens (including phenoxy) is 1. The first-order valence-corrected chi connectivity index (χ1v) is 8.04. The number of benzene rings is 2. The molecule has 0 aliphatic rings. The van der Waals surface area contributed by atoms with E-state index >= 15 is 0 Å². The van der Waals surface area contributed by atoms with Crippen LogP contribution in [0.2, 0.25) is 0 Å². The van der Waals surface area contributed by atoms with Gasteiger partial charge in [0.2, 0.25) is 0 Å². The maximum atomic E-state index is 12.6. The van der Waals surface area contributed by atoms with Gasteiger partial charge >= 0.3 is 0 Å². The first kappa shape index (κ1) is 15.9. The van der Waals surface area contributed by atoms with Gasteiger partial charge in [-0.2, -0.15) is 5.26 Å². The van der Waals surface area contributed by atoms with Crippen LogP contribution in [-0.4, -0.2) is 15.5 Å². The second kappa shape index (κ2) is 6.08. The highest BCUT2D eigenvalue weighted by molar-refractivity contribution is 7.92. The summed E-state index contributed by atoms with van der Waals surface area (Å²) < 4.78 is 32.9. The predicted octanol–water partition coefficient (Wildman–Crippen LogP) is 2.98. The van der Waals surface area contributed by atoms with E-state index in [1.807, 2.05) is 26.0 Å². The highest BCUT2D eigenvalue weighted by atomic mass is 32.2. The number of nitrogens with zero attached hydrogens (tertiary/aromatic N) is 1. The monoisotopic (exact) mass is 316 g/mol. The summed E-state index contributed by atoms with van der Waals surface area (Å²) >= 11 is 0. The number of hydrogen-bond acceptors (Lipinski definition) is 4. The number of rotatable bonds is 4. The fourth-order valence-electron chi connectivity index (χ4n) is 2.29. The zero-order valence-electron chi connectivity index (χ0n) is 12.5. The van der Waals surface area contributed by atoms with Crippen LogP contribution >= 0.6 is 0 Å². The van der Waals surface area contributed by atoms with Crippen molar-refractivity contribution >= 4 is 15.7 Å². The van der Waals surface area contributed by atoms with Crippen molar-refractivity contribution in [2.24, 2.45) is 0 Å². The van der Waals surface area contributed by atoms with Gasteiger partial charge in [0.25, 0.3) is 10.0 Å². The van der Waals surface area contributed by atoms with Gasteiger partial charge in [0.1, 0.15) is 16.7 Å². The number of methoxy groups -OCH3 is 1. The Hall–Kier alpha value is -2.52. The molecule has 22 heavy (non-hydrogen) atoms. The minimum Gasteiger partial charge on any atom is -0.494 e. The lowest BCUT2D eigenvalue weighted by Gasteiger charge is -2.15. The molecular formula is C16H16N2O3S. The van der Waals surface area contributed by atoms with Crippen LogP contribution in [0.5, 0.6) is 5.75 Å². The molecule has 0 aliphatic carbocycles. The lowest BCUT2D eigenvalue weighted by atomic mass is 10.1. The van der Waals surface area contributed by atoms with E-state index in [-0.39, 0.29) is 10.5 Å². The molecular weight excluding hydrogens is 300 g/mol. The Balaban J connectivity index is 2.53. The van der Waals surface area contributed by atoms with E-state index in [0.717, 1.165) is 11.1 Å². The maximum absolute atomic E-state index is 12.6. The van der Waals surface area contributed by atoms with Gasteiger partial charge in [-0.05, 0) is 43.2 Å². The van der Waals surface area contributed by atoms with Gasteiger partial charge < -0.3 is 4.74 Å². The number of nitrogens with one attached hydrogen (secondary N) is 1. The largest absolute Gasteiger partial charge is 0.494 e. The summed E-state index contributed by atoms with van der Waals surface area (Å²) in [6.45, 7) is 3.71. The van der Waals surface area contributed by atoms with E-state index < -0.39 is 10.0 Å². The van der Waals surface area contributed by atoms with Gasteiger partial charge in [-0.3, -0.25) is 4.72 Å². The van der Waals surface area contributed by atoms with E-state index in [9.17, 15) is 8.42 Å². The van der Waals surface area contributed by atoms with Gasteiger partial charge in [0.05, 0.1) is 18.4 Å². The molecule has 0 unspecified atom stereocenters. The molecule has 2 aromatic carbocycles. The van der Waals surface area contributed by atoms with Crippen LogP contribution in [0.3, 0.4) is 0 Å². The van der Waals surface area contributed by atoms with Crippen molar-refractivity contribution in [1.82, 2.24) is 0 Å². The molecule has 2 aromatic rings. The molecule has 0 saturated carbocycles. The van der Waals surface area contributed by atoms with Crippen molar-refractivity contribution in [1.29, 1.82) is 5.26 Å². The molecule has 0 saturated heterocycles. The maximum Gasteiger partial charge on any atom is 0.263 e. The molecule has 5 nitrogen and oxygen atoms in total. The molecule has 2 rings (SSSR count). The van der Waals surface area contributed by atoms with Crippen molar-refractivity contribution in [3.8, 4) is 11.8 Å². The van der Waals surface area contributed by atoms with Gasteiger partial charge in [0.15, 0.2) is 0 Å². The van der Waals surface area contributed by atoms with E-state index in [1.165, 1.54) is 19.2 Å². The summed E-state index contributed by atoms with van der Waals surface area (Å²) in [5, 5.41) is 9.07. The summed E-state index contributed by atoms with van der Waals surface area (Å²) in [6.07, 6.45) is 0. The number of sulfonamides is 1. The molecule has 0 fully saturated rings. The normalized spacial score (nSPS) is 10.8. The molecule has 0 atom stereocenters. The quantitative estimate of drug-likeness (QED) is 0.940. The zero-order valence-corrected chi connectivity index (χ0v) is 13.4. The average Bonchev–Trinajstić information content (AvgIpc) is 2.46. The highest BCUT2D eigenvalue weighted by Gasteiger charge is 2.20. The van der Waals surface area contributed by atoms with E-state index in [1.54, 1.807) is 18.2 Å². The lowest BCUT2D eigenvalue weighted by Crippen LogP contribution is -2.15. The second-order valence-electron chi connectivity index (χ2n) is 4.88. The van der Waals surface area contributed by atoms with Crippen molar-refractivity contribution < 1.29 is 13.2 Å². The Kier molecular flexibility index (Phi) is 4.38. The summed E-state index contributed by atoms with van der Waals surface area (Å²) in [6, 6.07) is 11.5. The topological polar surface area (TPSA) is 79.2 Å². The van der Waals surface area contributed by atoms with Gasteiger partial charge in [-0.25, -0.2) is 8.42 Å². The highest BCUT2D eigenvalue weighted by Crippen LogP contribution is 2.32. The molecule has 0 aliphatic heterocycles. The summed E-state index contributed by atoms with van der Waals surface area (Å²) in [5.41, 5.74) is 2.18. The summed E-state index contributed by atoms with van der Waals surface area (Å²) in [7, 11) is -2.39. The Morgan fingerprint density at radius 3 is 2.50 bits per heavy atom. The van der Waals surface area contributed by atoms with Crippen molar-refractivity contribution in [3.63, 3.8) is 0 Å². The molecule has 1 N–H and O–H groups in total. The summed E-state index contributed by atoms with van der Waals surface area (Å²) in [5.74, 6) is 0.462. The van der Waals surface area contributed by atoms with Crippen molar-refractivity contribution in [2.45, 2.75) is 18.7 Å². The van der Waals surface area contributed by atoms with E-state index in [4.69, 9.17) is 10.00 Å². The molecule has 0 radical (unpaired) electrons. The third kappa shape index (κ3) is 3.05. The Labute approximate surface area is 130 Å². The Bertz CT molecular complexity index is 852. The molecule has 114 valence electrons. The first-order chi connectivity index (χ1) is 10.4. The Morgan fingerprint density at radius 1 is 1.18 bits per heavy atom. The van der Waals surface area contributed by atoms with Crippen LogP contribution in [0.4, 0.5) is 5.69 Å². The molecule has 0 aromatic heterocycles. The minimum absolute atomic E-state index is 0.0567. The van der Waals surface area contributed by atoms with Gasteiger partial charge in [-0.15, -0.1) is 0 Å². The molecule has 6 heteroatoms. The van der Waals surface area contributed by atoms with Crippen LogP contribution in [0.15, 0.2) is 41.3 Å². The molecule has 0 bridgehead atoms. The van der Waals surface area contributed by atoms with Crippen molar-refractivity contribution in [2.75, 3.05) is 11.8 Å². The number of hydrogen-bond donors (Lipinski definition) is 1. The zero-order chi connectivity index (χ0) is 16.3. The Morgan fingerprint density at radius 2 is 1.86 bits per heavy atom. The minimum atomic E-state index is -3.87. The number of aryl methyl sites for hydroxylation is 2. The smallest absolute Gasteiger partial charge is 0.263 e. The van der Waals surface area contributed by atoms with Crippen molar-refractivity contribution in [3.05, 3.63) is 53.1 Å². The van der Waals surface area contributed by atoms with E-state index in [2.05, 4.69) is 4.72 Å². The third-order valence-electron chi connectivity index (χ3n) is 3.16. The predicted molar refractivity (Wildman–Crippen MR) is 84.4 cm³/mol. The molecule has 0 heterocycles. The standard InChI is InChI=1S/C16H16N2O3S/c1-11-8-12(2)16(21-3)14(9-11)18-22(19,20)15-7-5-4-6-13(15)10-17/h4-9,18H,1-3H3. The second-order valence-corrected chi connectivity index (χ2v) is 6.53. The third-order valence-corrected chi connectivity index (χ3v) is 4.59. The fraction of sp³-hybridized carbons (Fsp3) is 0.188. The van der Waals surface area contributed by atoms with Crippen LogP contribution in [0, 0.1) is 25.2 Å². The van der Waals surface area contributed by atoms with Gasteiger partial charge in [0, 0.05) is 0 Å². The molecule has 0 spiro atoms. The molecule has 0 amide bonds. The van der Waals surface area contributed by atoms with Crippen LogP contribution in [0.1, 0.15) is 16.7 Å². The average molecular weight is 316 g/mol. The summed E-state index contributed by atoms with van der Waals surface area (Å²) in [4.78, 5) is -0.0567. The first-order valence-electron chi connectivity index (χ1n) is 6.56. The van der Waals surface area contributed by atoms with Crippen LogP contribution in [0.25, 0.3) is 0 Å². The van der Waals surface area contributed by atoms with Gasteiger partial charge in [-0.1, -0.05) is 18.2 Å². The van der Waals surface area contributed by atoms with Crippen LogP contribution in [-0.2, 0) is 10.0 Å². The fourth-order valence-corrected chi connectivity index (χ4v) is 3.51.